The Balaban J connectivity index is 1.91. The molecule has 0 aliphatic carbocycles. The molecule has 1 heterocycles. The third-order valence-electron chi connectivity index (χ3n) is 3.05. The van der Waals surface area contributed by atoms with Crippen LogP contribution in [-0.2, 0) is 0 Å². The first-order valence-corrected chi connectivity index (χ1v) is 7.15. The summed E-state index contributed by atoms with van der Waals surface area (Å²) in [6.45, 7) is 1.85. The van der Waals surface area contributed by atoms with Gasteiger partial charge >= 0.3 is 0 Å². The van der Waals surface area contributed by atoms with Crippen LogP contribution in [0.3, 0.4) is 0 Å². The average molecular weight is 272 g/mol. The molecule has 100 valence electrons. The lowest BCUT2D eigenvalue weighted by atomic mass is 10.1. The van der Waals surface area contributed by atoms with Gasteiger partial charge < -0.3 is 10.6 Å². The molecule has 1 aliphatic heterocycles. The zero-order valence-corrected chi connectivity index (χ0v) is 11.0. The quantitative estimate of drug-likeness (QED) is 0.802. The second-order valence-corrected chi connectivity index (χ2v) is 5.43. The van der Waals surface area contributed by atoms with Crippen LogP contribution in [0.5, 0.6) is 0 Å². The lowest BCUT2D eigenvalue weighted by Crippen LogP contribution is -2.39. The molecule has 1 atom stereocenters. The van der Waals surface area contributed by atoms with Crippen molar-refractivity contribution < 1.29 is 8.78 Å². The largest absolute Gasteiger partial charge is 0.383 e. The van der Waals surface area contributed by atoms with E-state index in [0.717, 1.165) is 25.2 Å². The lowest BCUT2D eigenvalue weighted by molar-refractivity contribution is 0.252. The Kier molecular flexibility index (Phi) is 5.26. The number of thioether (sulfide) groups is 1. The normalized spacial score (nSPS) is 20.1. The summed E-state index contributed by atoms with van der Waals surface area (Å²) in [6.07, 6.45) is 3.62. The van der Waals surface area contributed by atoms with Crippen LogP contribution in [-0.4, -0.2) is 24.9 Å². The van der Waals surface area contributed by atoms with Crippen molar-refractivity contribution in [2.45, 2.75) is 36.0 Å². The van der Waals surface area contributed by atoms with Crippen LogP contribution in [0, 0.1) is 0 Å². The first-order valence-electron chi connectivity index (χ1n) is 6.27. The van der Waals surface area contributed by atoms with Gasteiger partial charge in [0.2, 0.25) is 0 Å². The predicted octanol–water partition coefficient (Wildman–Crippen LogP) is 3.56. The minimum absolute atomic E-state index is 0.448. The van der Waals surface area contributed by atoms with Gasteiger partial charge in [-0.3, -0.25) is 0 Å². The van der Waals surface area contributed by atoms with Crippen LogP contribution in [0.4, 0.5) is 14.5 Å². The van der Waals surface area contributed by atoms with Crippen molar-refractivity contribution in [3.05, 3.63) is 24.3 Å². The maximum atomic E-state index is 12.4. The highest BCUT2D eigenvalue weighted by atomic mass is 32.2. The molecule has 0 aromatic heterocycles. The molecule has 1 aliphatic rings. The summed E-state index contributed by atoms with van der Waals surface area (Å²) in [5.41, 5.74) is 0.801. The monoisotopic (exact) mass is 272 g/mol. The van der Waals surface area contributed by atoms with Crippen LogP contribution < -0.4 is 10.6 Å². The number of nitrogens with one attached hydrogen (secondary N) is 2. The van der Waals surface area contributed by atoms with Gasteiger partial charge in [-0.15, -0.1) is 0 Å². The Bertz CT molecular complexity index is 368. The number of hydrogen-bond donors (Lipinski definition) is 2. The van der Waals surface area contributed by atoms with Crippen molar-refractivity contribution in [2.24, 2.45) is 0 Å². The summed E-state index contributed by atoms with van der Waals surface area (Å²) in [7, 11) is 0. The van der Waals surface area contributed by atoms with Gasteiger partial charge in [0.15, 0.2) is 0 Å². The van der Waals surface area contributed by atoms with E-state index in [-0.39, 0.29) is 0 Å². The highest BCUT2D eigenvalue weighted by molar-refractivity contribution is 7.99. The predicted molar refractivity (Wildman–Crippen MR) is 72.4 cm³/mol. The summed E-state index contributed by atoms with van der Waals surface area (Å²) in [5.74, 6) is -2.37. The maximum Gasteiger partial charge on any atom is 0.288 e. The summed E-state index contributed by atoms with van der Waals surface area (Å²) in [6, 6.07) is 7.69. The number of anilines is 1. The number of para-hydroxylation sites is 1. The van der Waals surface area contributed by atoms with Gasteiger partial charge in [-0.2, -0.15) is 8.78 Å². The van der Waals surface area contributed by atoms with Crippen molar-refractivity contribution in [3.8, 4) is 0 Å². The Morgan fingerprint density at radius 1 is 1.33 bits per heavy atom. The molecule has 0 amide bonds. The second kappa shape index (κ2) is 6.95. The molecule has 0 spiro atoms. The number of hydrogen-bond acceptors (Lipinski definition) is 3. The molecule has 0 bridgehead atoms. The van der Waals surface area contributed by atoms with Crippen molar-refractivity contribution in [1.82, 2.24) is 5.32 Å². The average Bonchev–Trinajstić information content (AvgIpc) is 2.38. The third-order valence-corrected chi connectivity index (χ3v) is 3.84. The summed E-state index contributed by atoms with van der Waals surface area (Å²) < 4.78 is 24.8. The minimum Gasteiger partial charge on any atom is -0.383 e. The van der Waals surface area contributed by atoms with Crippen LogP contribution in [0.25, 0.3) is 0 Å². The molecule has 0 radical (unpaired) electrons. The zero-order chi connectivity index (χ0) is 12.8. The summed E-state index contributed by atoms with van der Waals surface area (Å²) >= 11 is 0.595. The van der Waals surface area contributed by atoms with Gasteiger partial charge in [-0.05, 0) is 31.5 Å². The lowest BCUT2D eigenvalue weighted by Gasteiger charge is -2.24. The van der Waals surface area contributed by atoms with E-state index in [9.17, 15) is 8.78 Å². The van der Waals surface area contributed by atoms with Gasteiger partial charge in [-0.1, -0.05) is 30.3 Å². The van der Waals surface area contributed by atoms with Crippen LogP contribution in [0.2, 0.25) is 0 Å². The maximum absolute atomic E-state index is 12.4. The highest BCUT2D eigenvalue weighted by Crippen LogP contribution is 2.31. The van der Waals surface area contributed by atoms with Gasteiger partial charge in [-0.25, -0.2) is 0 Å². The topological polar surface area (TPSA) is 24.1 Å². The van der Waals surface area contributed by atoms with Gasteiger partial charge in [0.05, 0.1) is 0 Å². The van der Waals surface area contributed by atoms with Crippen LogP contribution in [0.1, 0.15) is 19.3 Å². The van der Waals surface area contributed by atoms with E-state index in [0.29, 0.717) is 22.7 Å². The molecule has 1 unspecified atom stereocenters. The Morgan fingerprint density at radius 3 is 2.89 bits per heavy atom. The van der Waals surface area contributed by atoms with E-state index < -0.39 is 5.76 Å². The molecule has 1 saturated heterocycles. The van der Waals surface area contributed by atoms with E-state index in [4.69, 9.17) is 0 Å². The fourth-order valence-corrected chi connectivity index (χ4v) is 2.76. The van der Waals surface area contributed by atoms with Gasteiger partial charge in [0.1, 0.15) is 0 Å². The number of piperidine rings is 1. The number of halogens is 2. The minimum atomic E-state index is -2.37. The third kappa shape index (κ3) is 4.14. The standard InChI is InChI=1S/C13H18F2N2S/c14-13(15)18-12-7-2-1-6-11(12)17-9-10-5-3-4-8-16-10/h1-2,6-7,10,13,16-17H,3-5,8-9H2. The SMILES string of the molecule is FC(F)Sc1ccccc1NCC1CCCCN1. The summed E-state index contributed by atoms with van der Waals surface area (Å²) in [5, 5.41) is 6.70. The van der Waals surface area contributed by atoms with E-state index in [2.05, 4.69) is 10.6 Å². The molecule has 18 heavy (non-hydrogen) atoms. The molecule has 1 fully saturated rings. The summed E-state index contributed by atoms with van der Waals surface area (Å²) in [4.78, 5) is 0.614. The van der Waals surface area contributed by atoms with Crippen molar-refractivity contribution >= 4 is 17.4 Å². The smallest absolute Gasteiger partial charge is 0.288 e. The molecule has 1 aromatic carbocycles. The number of benzene rings is 1. The Labute approximate surface area is 111 Å². The molecule has 2 rings (SSSR count). The van der Waals surface area contributed by atoms with Crippen molar-refractivity contribution in [3.63, 3.8) is 0 Å². The number of rotatable bonds is 5. The Morgan fingerprint density at radius 2 is 2.17 bits per heavy atom. The highest BCUT2D eigenvalue weighted by Gasteiger charge is 2.14. The van der Waals surface area contributed by atoms with Crippen LogP contribution in [0.15, 0.2) is 29.2 Å². The van der Waals surface area contributed by atoms with Gasteiger partial charge in [0, 0.05) is 23.2 Å². The van der Waals surface area contributed by atoms with E-state index >= 15 is 0 Å². The van der Waals surface area contributed by atoms with E-state index in [1.165, 1.54) is 12.8 Å². The van der Waals surface area contributed by atoms with Crippen LogP contribution >= 0.6 is 11.8 Å². The first kappa shape index (κ1) is 13.6. The second-order valence-electron chi connectivity index (χ2n) is 4.40. The first-order chi connectivity index (χ1) is 8.75. The van der Waals surface area contributed by atoms with Crippen molar-refractivity contribution in [2.75, 3.05) is 18.4 Å². The van der Waals surface area contributed by atoms with E-state index in [1.807, 2.05) is 12.1 Å². The molecular formula is C13H18F2N2S. The van der Waals surface area contributed by atoms with Crippen molar-refractivity contribution in [1.29, 1.82) is 0 Å². The molecular weight excluding hydrogens is 254 g/mol. The Hall–Kier alpha value is -0.810. The molecule has 5 heteroatoms. The molecule has 2 N–H and O–H groups in total. The fraction of sp³-hybridized carbons (Fsp3) is 0.538. The van der Waals surface area contributed by atoms with Gasteiger partial charge in [0.25, 0.3) is 5.76 Å². The van der Waals surface area contributed by atoms with E-state index in [1.54, 1.807) is 12.1 Å². The molecule has 0 saturated carbocycles. The fourth-order valence-electron chi connectivity index (χ4n) is 2.14. The zero-order valence-electron chi connectivity index (χ0n) is 10.2. The number of alkyl halides is 2. The molecule has 1 aromatic rings. The molecule has 2 nitrogen and oxygen atoms in total.